The van der Waals surface area contributed by atoms with Crippen molar-refractivity contribution in [2.45, 2.75) is 11.8 Å². The summed E-state index contributed by atoms with van der Waals surface area (Å²) in [5.41, 5.74) is 3.16. The van der Waals surface area contributed by atoms with E-state index in [0.29, 0.717) is 34.2 Å². The minimum atomic E-state index is -3.79. The van der Waals surface area contributed by atoms with Crippen molar-refractivity contribution in [1.29, 1.82) is 0 Å². The number of nitrogens with one attached hydrogen (secondary N) is 1. The zero-order chi connectivity index (χ0) is 21.3. The maximum Gasteiger partial charge on any atom is 0.262 e. The van der Waals surface area contributed by atoms with Crippen LogP contribution in [0.15, 0.2) is 65.7 Å². The van der Waals surface area contributed by atoms with Crippen LogP contribution in [-0.2, 0) is 10.0 Å². The molecule has 0 aliphatic rings. The molecule has 0 aliphatic carbocycles. The molecule has 154 valence electrons. The van der Waals surface area contributed by atoms with E-state index in [1.165, 1.54) is 7.11 Å². The predicted octanol–water partition coefficient (Wildman–Crippen LogP) is 3.52. The van der Waals surface area contributed by atoms with E-state index < -0.39 is 10.0 Å². The Bertz CT molecular complexity index is 1330. The maximum absolute atomic E-state index is 12.9. The Balaban J connectivity index is 1.74. The lowest BCUT2D eigenvalue weighted by Crippen LogP contribution is -2.13. The number of hydrogen-bond acceptors (Lipinski definition) is 6. The number of methoxy groups -OCH3 is 2. The smallest absolute Gasteiger partial charge is 0.262 e. The van der Waals surface area contributed by atoms with Gasteiger partial charge in [0.15, 0.2) is 5.65 Å². The quantitative estimate of drug-likeness (QED) is 0.509. The van der Waals surface area contributed by atoms with Crippen LogP contribution in [0.25, 0.3) is 16.9 Å². The Morgan fingerprint density at radius 1 is 1.00 bits per heavy atom. The number of rotatable bonds is 6. The summed E-state index contributed by atoms with van der Waals surface area (Å²) in [5, 5.41) is 4.30. The normalized spacial score (nSPS) is 11.4. The number of sulfonamides is 1. The summed E-state index contributed by atoms with van der Waals surface area (Å²) in [6, 6.07) is 15.4. The molecular weight excluding hydrogens is 404 g/mol. The number of anilines is 1. The molecule has 0 unspecified atom stereocenters. The van der Waals surface area contributed by atoms with Crippen molar-refractivity contribution in [1.82, 2.24) is 14.6 Å². The van der Waals surface area contributed by atoms with Crippen LogP contribution >= 0.6 is 0 Å². The lowest BCUT2D eigenvalue weighted by molar-refractivity contribution is 0.390. The third-order valence-electron chi connectivity index (χ3n) is 4.54. The van der Waals surface area contributed by atoms with Crippen molar-refractivity contribution in [2.24, 2.45) is 0 Å². The average Bonchev–Trinajstić information content (AvgIpc) is 3.16. The van der Waals surface area contributed by atoms with Gasteiger partial charge >= 0.3 is 0 Å². The molecule has 2 aromatic carbocycles. The summed E-state index contributed by atoms with van der Waals surface area (Å²) in [6.45, 7) is 1.84. The minimum Gasteiger partial charge on any atom is -0.495 e. The predicted molar refractivity (Wildman–Crippen MR) is 114 cm³/mol. The first-order valence-corrected chi connectivity index (χ1v) is 10.6. The van der Waals surface area contributed by atoms with Gasteiger partial charge in [-0.3, -0.25) is 4.72 Å². The summed E-state index contributed by atoms with van der Waals surface area (Å²) >= 11 is 0. The van der Waals surface area contributed by atoms with E-state index in [4.69, 9.17) is 9.47 Å². The molecule has 4 aromatic rings. The molecule has 0 bridgehead atoms. The van der Waals surface area contributed by atoms with Crippen molar-refractivity contribution in [2.75, 3.05) is 18.9 Å². The fourth-order valence-corrected chi connectivity index (χ4v) is 4.21. The highest BCUT2D eigenvalue weighted by molar-refractivity contribution is 7.92. The van der Waals surface area contributed by atoms with E-state index in [1.54, 1.807) is 60.3 Å². The number of imidazole rings is 1. The fraction of sp³-hybridized carbons (Fsp3) is 0.143. The first-order valence-electron chi connectivity index (χ1n) is 9.08. The molecule has 4 rings (SSSR count). The lowest BCUT2D eigenvalue weighted by Gasteiger charge is -2.13. The summed E-state index contributed by atoms with van der Waals surface area (Å²) in [7, 11) is -0.755. The highest BCUT2D eigenvalue weighted by Gasteiger charge is 2.18. The van der Waals surface area contributed by atoms with Crippen LogP contribution in [0.2, 0.25) is 0 Å². The Morgan fingerprint density at radius 2 is 1.83 bits per heavy atom. The monoisotopic (exact) mass is 424 g/mol. The molecular formula is C21H20N4O4S. The van der Waals surface area contributed by atoms with E-state index in [0.717, 1.165) is 5.56 Å². The SMILES string of the molecule is COc1ccc2nc(-c3ccc(OC)c(NS(=O)(=O)c4cccc(C)c4)c3)cn2n1. The highest BCUT2D eigenvalue weighted by Crippen LogP contribution is 2.32. The highest BCUT2D eigenvalue weighted by atomic mass is 32.2. The van der Waals surface area contributed by atoms with Gasteiger partial charge in [0.1, 0.15) is 5.75 Å². The van der Waals surface area contributed by atoms with Gasteiger partial charge < -0.3 is 9.47 Å². The summed E-state index contributed by atoms with van der Waals surface area (Å²) in [6.07, 6.45) is 1.75. The number of aryl methyl sites for hydroxylation is 1. The van der Waals surface area contributed by atoms with Crippen molar-refractivity contribution < 1.29 is 17.9 Å². The lowest BCUT2D eigenvalue weighted by atomic mass is 10.1. The summed E-state index contributed by atoms with van der Waals surface area (Å²) < 4.78 is 40.5. The molecule has 0 aliphatic heterocycles. The topological polar surface area (TPSA) is 94.8 Å². The van der Waals surface area contributed by atoms with Crippen molar-refractivity contribution >= 4 is 21.4 Å². The zero-order valence-corrected chi connectivity index (χ0v) is 17.5. The third kappa shape index (κ3) is 3.79. The summed E-state index contributed by atoms with van der Waals surface area (Å²) in [5.74, 6) is 0.867. The van der Waals surface area contributed by atoms with Crippen LogP contribution in [-0.4, -0.2) is 37.2 Å². The number of nitrogens with zero attached hydrogens (tertiary/aromatic N) is 3. The molecule has 0 saturated heterocycles. The van der Waals surface area contributed by atoms with Gasteiger partial charge in [-0.25, -0.2) is 17.9 Å². The van der Waals surface area contributed by atoms with Gasteiger partial charge in [-0.1, -0.05) is 12.1 Å². The third-order valence-corrected chi connectivity index (χ3v) is 5.91. The van der Waals surface area contributed by atoms with Gasteiger partial charge in [0, 0.05) is 11.6 Å². The molecule has 0 fully saturated rings. The number of fused-ring (bicyclic) bond motifs is 1. The van der Waals surface area contributed by atoms with Gasteiger partial charge in [0.2, 0.25) is 5.88 Å². The molecule has 1 N–H and O–H groups in total. The van der Waals surface area contributed by atoms with E-state index in [9.17, 15) is 8.42 Å². The van der Waals surface area contributed by atoms with Crippen LogP contribution in [0.4, 0.5) is 5.69 Å². The minimum absolute atomic E-state index is 0.180. The first-order chi connectivity index (χ1) is 14.4. The second kappa shape index (κ2) is 7.68. The van der Waals surface area contributed by atoms with Crippen molar-refractivity contribution in [3.63, 3.8) is 0 Å². The van der Waals surface area contributed by atoms with E-state index in [1.807, 2.05) is 19.1 Å². The van der Waals surface area contributed by atoms with Crippen molar-refractivity contribution in [3.8, 4) is 22.9 Å². The van der Waals surface area contributed by atoms with Crippen LogP contribution in [0.3, 0.4) is 0 Å². The van der Waals surface area contributed by atoms with E-state index in [-0.39, 0.29) is 4.90 Å². The fourth-order valence-electron chi connectivity index (χ4n) is 3.05. The number of ether oxygens (including phenoxy) is 2. The molecule has 0 amide bonds. The summed E-state index contributed by atoms with van der Waals surface area (Å²) in [4.78, 5) is 4.73. The standard InChI is InChI=1S/C21H20N4O4S/c1-14-5-4-6-16(11-14)30(26,27)24-17-12-15(7-8-19(17)28-2)18-13-25-20(22-18)9-10-21(23-25)29-3/h4-13,24H,1-3H3. The molecule has 9 heteroatoms. The molecule has 2 heterocycles. The largest absolute Gasteiger partial charge is 0.495 e. The van der Waals surface area contributed by atoms with Gasteiger partial charge in [0.05, 0.1) is 36.7 Å². The Morgan fingerprint density at radius 3 is 2.57 bits per heavy atom. The first kappa shape index (κ1) is 19.7. The van der Waals surface area contributed by atoms with Crippen molar-refractivity contribution in [3.05, 3.63) is 66.4 Å². The van der Waals surface area contributed by atoms with Crippen LogP contribution in [0.5, 0.6) is 11.6 Å². The Labute approximate surface area is 174 Å². The molecule has 30 heavy (non-hydrogen) atoms. The van der Waals surface area contributed by atoms with Gasteiger partial charge in [-0.2, -0.15) is 0 Å². The van der Waals surface area contributed by atoms with Gasteiger partial charge in [-0.15, -0.1) is 5.10 Å². The van der Waals surface area contributed by atoms with Crippen LogP contribution < -0.4 is 14.2 Å². The maximum atomic E-state index is 12.9. The van der Waals surface area contributed by atoms with Gasteiger partial charge in [-0.05, 0) is 48.9 Å². The Kier molecular flexibility index (Phi) is 5.04. The van der Waals surface area contributed by atoms with Crippen LogP contribution in [0.1, 0.15) is 5.56 Å². The Hall–Kier alpha value is -3.59. The molecule has 0 saturated carbocycles. The molecule has 0 spiro atoms. The number of aromatic nitrogens is 3. The number of hydrogen-bond donors (Lipinski definition) is 1. The molecule has 8 nitrogen and oxygen atoms in total. The van der Waals surface area contributed by atoms with Crippen LogP contribution in [0, 0.1) is 6.92 Å². The molecule has 0 atom stereocenters. The second-order valence-corrected chi connectivity index (χ2v) is 8.32. The molecule has 2 aromatic heterocycles. The van der Waals surface area contributed by atoms with E-state index in [2.05, 4.69) is 14.8 Å². The van der Waals surface area contributed by atoms with E-state index >= 15 is 0 Å². The second-order valence-electron chi connectivity index (χ2n) is 6.64. The van der Waals surface area contributed by atoms with Gasteiger partial charge in [0.25, 0.3) is 10.0 Å². The molecule has 0 radical (unpaired) electrons. The zero-order valence-electron chi connectivity index (χ0n) is 16.7. The number of benzene rings is 2. The average molecular weight is 424 g/mol.